The lowest BCUT2D eigenvalue weighted by molar-refractivity contribution is -0.118. The van der Waals surface area contributed by atoms with E-state index in [1.165, 1.54) is 11.1 Å². The highest BCUT2D eigenvalue weighted by atomic mass is 32.2. The van der Waals surface area contributed by atoms with Gasteiger partial charge in [-0.25, -0.2) is 4.98 Å². The lowest BCUT2D eigenvalue weighted by Crippen LogP contribution is -2.27. The summed E-state index contributed by atoms with van der Waals surface area (Å²) in [5.74, 6) is 1.22. The summed E-state index contributed by atoms with van der Waals surface area (Å²) in [5.41, 5.74) is 10.7. The van der Waals surface area contributed by atoms with Gasteiger partial charge in [0.25, 0.3) is 0 Å². The van der Waals surface area contributed by atoms with Crippen LogP contribution in [0.25, 0.3) is 5.65 Å². The van der Waals surface area contributed by atoms with Gasteiger partial charge < -0.3 is 15.5 Å². The number of aryl methyl sites for hydroxylation is 1. The van der Waals surface area contributed by atoms with Crippen molar-refractivity contribution >= 4 is 29.0 Å². The predicted octanol–water partition coefficient (Wildman–Crippen LogP) is 2.82. The van der Waals surface area contributed by atoms with Gasteiger partial charge in [0.15, 0.2) is 0 Å². The van der Waals surface area contributed by atoms with Crippen LogP contribution in [0.3, 0.4) is 0 Å². The van der Waals surface area contributed by atoms with Gasteiger partial charge in [-0.1, -0.05) is 18.2 Å². The number of hydrogen-bond donors (Lipinski definition) is 2. The zero-order chi connectivity index (χ0) is 17.6. The third-order valence-electron chi connectivity index (χ3n) is 3.85. The number of amides is 1. The fourth-order valence-electron chi connectivity index (χ4n) is 2.55. The molecule has 0 atom stereocenters. The van der Waals surface area contributed by atoms with E-state index in [9.17, 15) is 4.79 Å². The highest BCUT2D eigenvalue weighted by molar-refractivity contribution is 7.99. The van der Waals surface area contributed by atoms with Gasteiger partial charge in [0.05, 0.1) is 11.4 Å². The second kappa shape index (κ2) is 8.07. The molecule has 25 heavy (non-hydrogen) atoms. The number of fused-ring (bicyclic) bond motifs is 1. The molecule has 0 radical (unpaired) electrons. The van der Waals surface area contributed by atoms with E-state index in [-0.39, 0.29) is 5.91 Å². The zero-order valence-electron chi connectivity index (χ0n) is 14.2. The Morgan fingerprint density at radius 2 is 2.00 bits per heavy atom. The van der Waals surface area contributed by atoms with Crippen LogP contribution in [0.15, 0.2) is 48.8 Å². The third kappa shape index (κ3) is 5.00. The number of imidazole rings is 1. The molecule has 0 spiro atoms. The van der Waals surface area contributed by atoms with Crippen molar-refractivity contribution in [1.82, 2.24) is 14.7 Å². The minimum Gasteiger partial charge on any atom is -0.399 e. The molecule has 130 valence electrons. The minimum atomic E-state index is 0.0556. The van der Waals surface area contributed by atoms with Gasteiger partial charge in [-0.3, -0.25) is 4.79 Å². The second-order valence-corrected chi connectivity index (χ2v) is 7.02. The van der Waals surface area contributed by atoms with Crippen molar-refractivity contribution in [2.75, 3.05) is 18.0 Å². The first-order chi connectivity index (χ1) is 12.1. The summed E-state index contributed by atoms with van der Waals surface area (Å²) in [5, 5.41) is 2.95. The number of hydrogen-bond acceptors (Lipinski definition) is 4. The van der Waals surface area contributed by atoms with Gasteiger partial charge in [0.2, 0.25) is 5.91 Å². The van der Waals surface area contributed by atoms with E-state index in [2.05, 4.69) is 23.4 Å². The van der Waals surface area contributed by atoms with Gasteiger partial charge in [-0.05, 0) is 42.7 Å². The highest BCUT2D eigenvalue weighted by Gasteiger charge is 2.05. The van der Waals surface area contributed by atoms with Crippen molar-refractivity contribution in [2.45, 2.75) is 19.1 Å². The van der Waals surface area contributed by atoms with Crippen molar-refractivity contribution in [3.8, 4) is 0 Å². The SMILES string of the molecule is Cc1ccc2nc(CSCC(=O)NCCc3ccc(N)cc3)cn2c1. The summed E-state index contributed by atoms with van der Waals surface area (Å²) in [7, 11) is 0. The number of nitrogen functional groups attached to an aromatic ring is 1. The average Bonchev–Trinajstić information content (AvgIpc) is 2.98. The number of nitrogens with zero attached hydrogens (tertiary/aromatic N) is 2. The molecule has 0 saturated carbocycles. The quantitative estimate of drug-likeness (QED) is 0.640. The Morgan fingerprint density at radius 1 is 1.20 bits per heavy atom. The minimum absolute atomic E-state index is 0.0556. The maximum atomic E-state index is 11.9. The summed E-state index contributed by atoms with van der Waals surface area (Å²) in [6.45, 7) is 2.69. The lowest BCUT2D eigenvalue weighted by atomic mass is 10.1. The Kier molecular flexibility index (Phi) is 5.60. The van der Waals surface area contributed by atoms with Gasteiger partial charge in [0, 0.05) is 30.4 Å². The maximum absolute atomic E-state index is 11.9. The van der Waals surface area contributed by atoms with Crippen LogP contribution in [0.5, 0.6) is 0 Å². The van der Waals surface area contributed by atoms with Gasteiger partial charge >= 0.3 is 0 Å². The lowest BCUT2D eigenvalue weighted by Gasteiger charge is -2.05. The number of aromatic nitrogens is 2. The van der Waals surface area contributed by atoms with Crippen LogP contribution in [0.1, 0.15) is 16.8 Å². The standard InChI is InChI=1S/C19H22N4OS/c1-14-2-7-18-22-17(11-23(18)10-14)12-25-13-19(24)21-9-8-15-3-5-16(20)6-4-15/h2-7,10-11H,8-9,12-13,20H2,1H3,(H,21,24). The molecule has 0 aliphatic heterocycles. The van der Waals surface area contributed by atoms with Gasteiger partial charge in [-0.15, -0.1) is 11.8 Å². The Hall–Kier alpha value is -2.47. The molecular formula is C19H22N4OS. The van der Waals surface area contributed by atoms with E-state index >= 15 is 0 Å². The van der Waals surface area contributed by atoms with Crippen molar-refractivity contribution in [2.24, 2.45) is 0 Å². The summed E-state index contributed by atoms with van der Waals surface area (Å²) in [6, 6.07) is 11.8. The predicted molar refractivity (Wildman–Crippen MR) is 104 cm³/mol. The molecule has 0 fully saturated rings. The Bertz CT molecular complexity index is 857. The third-order valence-corrected chi connectivity index (χ3v) is 4.81. The average molecular weight is 354 g/mol. The molecule has 1 amide bonds. The molecule has 0 unspecified atom stereocenters. The number of nitrogens with two attached hydrogens (primary N) is 1. The Labute approximate surface area is 151 Å². The van der Waals surface area contributed by atoms with E-state index in [1.54, 1.807) is 11.8 Å². The molecule has 5 nitrogen and oxygen atoms in total. The number of thioether (sulfide) groups is 1. The normalized spacial score (nSPS) is 10.9. The molecule has 2 heterocycles. The number of rotatable bonds is 7. The number of anilines is 1. The van der Waals surface area contributed by atoms with E-state index < -0.39 is 0 Å². The molecule has 3 rings (SSSR count). The van der Waals surface area contributed by atoms with Crippen LogP contribution in [0, 0.1) is 6.92 Å². The smallest absolute Gasteiger partial charge is 0.230 e. The van der Waals surface area contributed by atoms with Gasteiger partial charge in [0.1, 0.15) is 5.65 Å². The Morgan fingerprint density at radius 3 is 2.80 bits per heavy atom. The molecule has 0 aliphatic rings. The fourth-order valence-corrected chi connectivity index (χ4v) is 3.29. The first-order valence-electron chi connectivity index (χ1n) is 8.23. The second-order valence-electron chi connectivity index (χ2n) is 6.04. The number of nitrogens with one attached hydrogen (secondary N) is 1. The van der Waals surface area contributed by atoms with E-state index in [0.717, 1.165) is 29.2 Å². The number of carbonyl (C=O) groups is 1. The van der Waals surface area contributed by atoms with E-state index in [1.807, 2.05) is 47.0 Å². The van der Waals surface area contributed by atoms with Crippen molar-refractivity contribution in [1.29, 1.82) is 0 Å². The summed E-state index contributed by atoms with van der Waals surface area (Å²) >= 11 is 1.58. The monoisotopic (exact) mass is 354 g/mol. The van der Waals surface area contributed by atoms with Crippen LogP contribution >= 0.6 is 11.8 Å². The molecule has 0 saturated heterocycles. The van der Waals surface area contributed by atoms with Crippen LogP contribution in [0.2, 0.25) is 0 Å². The van der Waals surface area contributed by atoms with Crippen LogP contribution in [-0.2, 0) is 17.0 Å². The number of carbonyl (C=O) groups excluding carboxylic acids is 1. The van der Waals surface area contributed by atoms with Crippen molar-refractivity contribution in [3.63, 3.8) is 0 Å². The molecule has 3 N–H and O–H groups in total. The Balaban J connectivity index is 1.39. The van der Waals surface area contributed by atoms with Gasteiger partial charge in [-0.2, -0.15) is 0 Å². The van der Waals surface area contributed by atoms with Crippen LogP contribution in [0.4, 0.5) is 5.69 Å². The molecule has 0 aliphatic carbocycles. The summed E-state index contributed by atoms with van der Waals surface area (Å²) < 4.78 is 2.03. The summed E-state index contributed by atoms with van der Waals surface area (Å²) in [6.07, 6.45) is 4.89. The van der Waals surface area contributed by atoms with Crippen LogP contribution in [-0.4, -0.2) is 27.6 Å². The van der Waals surface area contributed by atoms with E-state index in [4.69, 9.17) is 5.73 Å². The zero-order valence-corrected chi connectivity index (χ0v) is 15.1. The molecule has 2 aromatic heterocycles. The van der Waals surface area contributed by atoms with Crippen molar-refractivity contribution < 1.29 is 4.79 Å². The highest BCUT2D eigenvalue weighted by Crippen LogP contribution is 2.13. The first-order valence-corrected chi connectivity index (χ1v) is 9.39. The fraction of sp³-hybridized carbons (Fsp3) is 0.263. The molecule has 1 aromatic carbocycles. The molecule has 6 heteroatoms. The molecule has 0 bridgehead atoms. The topological polar surface area (TPSA) is 72.4 Å². The maximum Gasteiger partial charge on any atom is 0.230 e. The van der Waals surface area contributed by atoms with Crippen LogP contribution < -0.4 is 11.1 Å². The number of benzene rings is 1. The largest absolute Gasteiger partial charge is 0.399 e. The number of pyridine rings is 1. The summed E-state index contributed by atoms with van der Waals surface area (Å²) in [4.78, 5) is 16.5. The molecular weight excluding hydrogens is 332 g/mol. The van der Waals surface area contributed by atoms with Crippen molar-refractivity contribution in [3.05, 3.63) is 65.6 Å². The van der Waals surface area contributed by atoms with E-state index in [0.29, 0.717) is 12.3 Å². The molecule has 3 aromatic rings. The first kappa shape index (κ1) is 17.4.